The van der Waals surface area contributed by atoms with E-state index >= 15 is 0 Å². The summed E-state index contributed by atoms with van der Waals surface area (Å²) in [4.78, 5) is 10.8. The van der Waals surface area contributed by atoms with Crippen LogP contribution in [0.1, 0.15) is 18.1 Å². The molecule has 0 amide bonds. The summed E-state index contributed by atoms with van der Waals surface area (Å²) in [5, 5.41) is 8.84. The Morgan fingerprint density at radius 2 is 1.81 bits per heavy atom. The molecule has 2 aromatic carbocycles. The molecule has 0 saturated heterocycles. The van der Waals surface area contributed by atoms with Gasteiger partial charge in [0.1, 0.15) is 12.4 Å². The van der Waals surface area contributed by atoms with Crippen LogP contribution in [-0.2, 0) is 11.4 Å². The van der Waals surface area contributed by atoms with E-state index in [0.717, 1.165) is 17.4 Å². The Morgan fingerprint density at radius 3 is 2.37 bits per heavy atom. The SMILES string of the molecule is CCOc1ccc(COc2c(OC)cc(C=CC(=O)O)c(Br)c2OC)cc1. The van der Waals surface area contributed by atoms with Crippen molar-refractivity contribution in [3.05, 3.63) is 52.0 Å². The predicted molar refractivity (Wildman–Crippen MR) is 106 cm³/mol. The van der Waals surface area contributed by atoms with E-state index in [0.29, 0.717) is 40.5 Å². The van der Waals surface area contributed by atoms with Gasteiger partial charge >= 0.3 is 5.97 Å². The summed E-state index contributed by atoms with van der Waals surface area (Å²) in [5.41, 5.74) is 1.55. The van der Waals surface area contributed by atoms with E-state index in [1.807, 2.05) is 31.2 Å². The van der Waals surface area contributed by atoms with E-state index in [9.17, 15) is 4.79 Å². The van der Waals surface area contributed by atoms with E-state index in [2.05, 4.69) is 15.9 Å². The number of ether oxygens (including phenoxy) is 4. The van der Waals surface area contributed by atoms with Gasteiger partial charge in [0.2, 0.25) is 5.75 Å². The first kappa shape index (κ1) is 20.6. The molecule has 1 N–H and O–H groups in total. The van der Waals surface area contributed by atoms with Crippen LogP contribution < -0.4 is 18.9 Å². The number of halogens is 1. The molecule has 0 saturated carbocycles. The molecule has 2 rings (SSSR count). The molecule has 2 aromatic rings. The monoisotopic (exact) mass is 436 g/mol. The van der Waals surface area contributed by atoms with E-state index in [1.165, 1.54) is 20.3 Å². The van der Waals surface area contributed by atoms with E-state index in [-0.39, 0.29) is 0 Å². The molecule has 7 heteroatoms. The Balaban J connectivity index is 2.29. The summed E-state index contributed by atoms with van der Waals surface area (Å²) in [6.45, 7) is 2.85. The lowest BCUT2D eigenvalue weighted by Crippen LogP contribution is -2.02. The zero-order valence-corrected chi connectivity index (χ0v) is 16.9. The highest BCUT2D eigenvalue weighted by Crippen LogP contribution is 2.45. The molecule has 27 heavy (non-hydrogen) atoms. The third-order valence-corrected chi connectivity index (χ3v) is 4.43. The summed E-state index contributed by atoms with van der Waals surface area (Å²) in [7, 11) is 3.02. The van der Waals surface area contributed by atoms with Gasteiger partial charge in [0.25, 0.3) is 0 Å². The lowest BCUT2D eigenvalue weighted by atomic mass is 10.1. The van der Waals surface area contributed by atoms with Crippen molar-refractivity contribution in [1.82, 2.24) is 0 Å². The maximum Gasteiger partial charge on any atom is 0.328 e. The second-order valence-corrected chi connectivity index (χ2v) is 6.17. The number of carboxylic acid groups (broad SMARTS) is 1. The zero-order valence-electron chi connectivity index (χ0n) is 15.3. The topological polar surface area (TPSA) is 74.2 Å². The van der Waals surface area contributed by atoms with Crippen LogP contribution in [0.25, 0.3) is 6.08 Å². The molecule has 144 valence electrons. The quantitative estimate of drug-likeness (QED) is 0.581. The number of carbonyl (C=O) groups is 1. The predicted octanol–water partition coefficient (Wildman–Crippen LogP) is 4.54. The number of hydrogen-bond acceptors (Lipinski definition) is 5. The van der Waals surface area contributed by atoms with Crippen molar-refractivity contribution in [2.24, 2.45) is 0 Å². The van der Waals surface area contributed by atoms with Crippen molar-refractivity contribution >= 4 is 28.0 Å². The fourth-order valence-corrected chi connectivity index (χ4v) is 2.96. The molecule has 0 fully saturated rings. The maximum absolute atomic E-state index is 10.8. The Kier molecular flexibility index (Phi) is 7.55. The molecule has 0 aliphatic carbocycles. The van der Waals surface area contributed by atoms with Crippen LogP contribution in [0.2, 0.25) is 0 Å². The third-order valence-electron chi connectivity index (χ3n) is 3.62. The second kappa shape index (κ2) is 9.87. The van der Waals surface area contributed by atoms with Crippen molar-refractivity contribution in [1.29, 1.82) is 0 Å². The summed E-state index contributed by atoms with van der Waals surface area (Å²) in [5.74, 6) is 1.04. The number of aliphatic carboxylic acids is 1. The molecular weight excluding hydrogens is 416 g/mol. The number of carboxylic acids is 1. The van der Waals surface area contributed by atoms with E-state index in [4.69, 9.17) is 24.1 Å². The van der Waals surface area contributed by atoms with Gasteiger partial charge in [-0.2, -0.15) is 0 Å². The van der Waals surface area contributed by atoms with Gasteiger partial charge < -0.3 is 24.1 Å². The van der Waals surface area contributed by atoms with Gasteiger partial charge in [-0.1, -0.05) is 12.1 Å². The second-order valence-electron chi connectivity index (χ2n) is 5.38. The summed E-state index contributed by atoms with van der Waals surface area (Å²) < 4.78 is 22.8. The largest absolute Gasteiger partial charge is 0.494 e. The minimum absolute atomic E-state index is 0.301. The minimum Gasteiger partial charge on any atom is -0.494 e. The van der Waals surface area contributed by atoms with Crippen LogP contribution in [0.5, 0.6) is 23.0 Å². The van der Waals surface area contributed by atoms with Gasteiger partial charge in [0, 0.05) is 6.08 Å². The number of hydrogen-bond donors (Lipinski definition) is 1. The summed E-state index contributed by atoms with van der Waals surface area (Å²) in [6.07, 6.45) is 2.49. The van der Waals surface area contributed by atoms with Gasteiger partial charge in [-0.05, 0) is 58.3 Å². The number of benzene rings is 2. The average molecular weight is 437 g/mol. The standard InChI is InChI=1S/C20H21BrO6/c1-4-26-15-8-5-13(6-9-15)12-27-19-16(24-2)11-14(7-10-17(22)23)18(21)20(19)25-3/h5-11H,4,12H2,1-3H3,(H,22,23). The van der Waals surface area contributed by atoms with Crippen molar-refractivity contribution in [3.63, 3.8) is 0 Å². The molecule has 0 aliphatic rings. The number of rotatable bonds is 9. The molecule has 0 aromatic heterocycles. The molecule has 0 radical (unpaired) electrons. The Labute approximate surface area is 166 Å². The van der Waals surface area contributed by atoms with Crippen LogP contribution in [-0.4, -0.2) is 31.9 Å². The van der Waals surface area contributed by atoms with Crippen LogP contribution >= 0.6 is 15.9 Å². The normalized spacial score (nSPS) is 10.7. The van der Waals surface area contributed by atoms with Crippen molar-refractivity contribution in [2.75, 3.05) is 20.8 Å². The Morgan fingerprint density at radius 1 is 1.11 bits per heavy atom. The first-order valence-electron chi connectivity index (χ1n) is 8.20. The molecule has 0 heterocycles. The van der Waals surface area contributed by atoms with Crippen LogP contribution in [0.15, 0.2) is 40.9 Å². The maximum atomic E-state index is 10.8. The van der Waals surface area contributed by atoms with Gasteiger partial charge in [-0.15, -0.1) is 0 Å². The van der Waals surface area contributed by atoms with E-state index in [1.54, 1.807) is 6.07 Å². The molecule has 0 spiro atoms. The van der Waals surface area contributed by atoms with Crippen LogP contribution in [0.4, 0.5) is 0 Å². The van der Waals surface area contributed by atoms with Crippen LogP contribution in [0, 0.1) is 0 Å². The molecule has 0 unspecified atom stereocenters. The third kappa shape index (κ3) is 5.40. The average Bonchev–Trinajstić information content (AvgIpc) is 2.66. The fraction of sp³-hybridized carbons (Fsp3) is 0.250. The minimum atomic E-state index is -1.05. The molecule has 0 bridgehead atoms. The Hall–Kier alpha value is -2.67. The molecular formula is C20H21BrO6. The lowest BCUT2D eigenvalue weighted by Gasteiger charge is -2.17. The van der Waals surface area contributed by atoms with Gasteiger partial charge in [0.15, 0.2) is 11.5 Å². The molecule has 0 atom stereocenters. The Bertz CT molecular complexity index is 814. The van der Waals surface area contributed by atoms with Crippen molar-refractivity contribution < 1.29 is 28.8 Å². The van der Waals surface area contributed by atoms with Gasteiger partial charge in [-0.25, -0.2) is 4.79 Å². The zero-order chi connectivity index (χ0) is 19.8. The fourth-order valence-electron chi connectivity index (χ4n) is 2.37. The first-order valence-corrected chi connectivity index (χ1v) is 8.99. The highest BCUT2D eigenvalue weighted by molar-refractivity contribution is 9.10. The summed E-state index contributed by atoms with van der Waals surface area (Å²) in [6, 6.07) is 9.28. The molecule has 6 nitrogen and oxygen atoms in total. The first-order chi connectivity index (χ1) is 13.0. The molecule has 0 aliphatic heterocycles. The van der Waals surface area contributed by atoms with Crippen LogP contribution in [0.3, 0.4) is 0 Å². The van der Waals surface area contributed by atoms with E-state index < -0.39 is 5.97 Å². The van der Waals surface area contributed by atoms with Crippen molar-refractivity contribution in [2.45, 2.75) is 13.5 Å². The summed E-state index contributed by atoms with van der Waals surface area (Å²) >= 11 is 3.44. The smallest absolute Gasteiger partial charge is 0.328 e. The highest BCUT2D eigenvalue weighted by atomic mass is 79.9. The lowest BCUT2D eigenvalue weighted by molar-refractivity contribution is -0.131. The van der Waals surface area contributed by atoms with Gasteiger partial charge in [0.05, 0.1) is 25.3 Å². The number of methoxy groups -OCH3 is 2. The highest BCUT2D eigenvalue weighted by Gasteiger charge is 2.19. The van der Waals surface area contributed by atoms with Crippen molar-refractivity contribution in [3.8, 4) is 23.0 Å². The van der Waals surface area contributed by atoms with Gasteiger partial charge in [-0.3, -0.25) is 0 Å².